The van der Waals surface area contributed by atoms with Crippen LogP contribution in [-0.4, -0.2) is 16.1 Å². The first-order valence-electron chi connectivity index (χ1n) is 7.06. The number of halogens is 1. The van der Waals surface area contributed by atoms with Crippen molar-refractivity contribution in [3.8, 4) is 11.3 Å². The summed E-state index contributed by atoms with van der Waals surface area (Å²) in [5.41, 5.74) is 3.36. The molecule has 0 aliphatic rings. The molecule has 3 nitrogen and oxygen atoms in total. The minimum absolute atomic E-state index is 0.260. The molecular weight excluding hydrogens is 313 g/mol. The average Bonchev–Trinajstić information content (AvgIpc) is 2.98. The zero-order valence-corrected chi connectivity index (χ0v) is 13.2. The van der Waals surface area contributed by atoms with Gasteiger partial charge in [0, 0.05) is 17.4 Å². The Morgan fingerprint density at radius 3 is 2.65 bits per heavy atom. The highest BCUT2D eigenvalue weighted by Crippen LogP contribution is 2.26. The molecular formula is C18H14FNO2S. The Hall–Kier alpha value is -2.53. The van der Waals surface area contributed by atoms with Gasteiger partial charge in [-0.1, -0.05) is 23.8 Å². The smallest absolute Gasteiger partial charge is 0.335 e. The second kappa shape index (κ2) is 6.30. The predicted molar refractivity (Wildman–Crippen MR) is 88.5 cm³/mol. The van der Waals surface area contributed by atoms with Crippen molar-refractivity contribution in [3.63, 3.8) is 0 Å². The molecule has 0 saturated carbocycles. The molecule has 0 amide bonds. The van der Waals surface area contributed by atoms with E-state index in [1.165, 1.54) is 17.4 Å². The van der Waals surface area contributed by atoms with Gasteiger partial charge in [-0.3, -0.25) is 0 Å². The number of carbonyl (C=O) groups is 1. The molecule has 0 fully saturated rings. The van der Waals surface area contributed by atoms with Crippen LogP contribution in [-0.2, 0) is 6.42 Å². The molecule has 1 heterocycles. The highest BCUT2D eigenvalue weighted by molar-refractivity contribution is 7.10. The number of hydrogen-bond donors (Lipinski definition) is 1. The number of aromatic nitrogens is 1. The Balaban J connectivity index is 1.82. The molecule has 5 heteroatoms. The van der Waals surface area contributed by atoms with Crippen LogP contribution in [0.2, 0.25) is 0 Å². The summed E-state index contributed by atoms with van der Waals surface area (Å²) in [5.74, 6) is -1.22. The zero-order chi connectivity index (χ0) is 16.4. The molecule has 3 rings (SSSR count). The molecule has 0 aliphatic carbocycles. The van der Waals surface area contributed by atoms with Crippen LogP contribution in [0.1, 0.15) is 26.5 Å². The van der Waals surface area contributed by atoms with Gasteiger partial charge in [0.05, 0.1) is 16.3 Å². The van der Waals surface area contributed by atoms with Crippen LogP contribution in [0.5, 0.6) is 0 Å². The van der Waals surface area contributed by atoms with Crippen LogP contribution >= 0.6 is 11.3 Å². The minimum atomic E-state index is -0.942. The molecule has 0 atom stereocenters. The number of nitrogens with zero attached hydrogens (tertiary/aromatic N) is 1. The molecule has 0 aliphatic heterocycles. The average molecular weight is 327 g/mol. The predicted octanol–water partition coefficient (Wildman–Crippen LogP) is 4.55. The fraction of sp³-hybridized carbons (Fsp3) is 0.111. The van der Waals surface area contributed by atoms with E-state index in [9.17, 15) is 9.18 Å². The van der Waals surface area contributed by atoms with Crippen molar-refractivity contribution in [2.45, 2.75) is 13.3 Å². The number of benzene rings is 2. The summed E-state index contributed by atoms with van der Waals surface area (Å²) in [4.78, 5) is 15.3. The van der Waals surface area contributed by atoms with Gasteiger partial charge in [-0.2, -0.15) is 0 Å². The Labute approximate surface area is 137 Å². The third kappa shape index (κ3) is 3.46. The summed E-state index contributed by atoms with van der Waals surface area (Å²) >= 11 is 1.47. The summed E-state index contributed by atoms with van der Waals surface area (Å²) in [6, 6.07) is 11.7. The lowest BCUT2D eigenvalue weighted by molar-refractivity contribution is 0.0697. The molecule has 0 spiro atoms. The van der Waals surface area contributed by atoms with Crippen LogP contribution < -0.4 is 0 Å². The van der Waals surface area contributed by atoms with Crippen LogP contribution in [0.4, 0.5) is 4.39 Å². The fourth-order valence-electron chi connectivity index (χ4n) is 2.29. The molecule has 0 radical (unpaired) electrons. The Bertz CT molecular complexity index is 856. The van der Waals surface area contributed by atoms with E-state index in [0.717, 1.165) is 16.1 Å². The summed E-state index contributed by atoms with van der Waals surface area (Å²) in [5, 5.41) is 11.6. The molecule has 116 valence electrons. The highest BCUT2D eigenvalue weighted by Gasteiger charge is 2.10. The first-order chi connectivity index (χ1) is 11.0. The van der Waals surface area contributed by atoms with Crippen LogP contribution in [0.3, 0.4) is 0 Å². The SMILES string of the molecule is Cc1ccc(F)c(-c2csc(Cc3ccc(C(=O)O)cc3)n2)c1. The third-order valence-electron chi connectivity index (χ3n) is 3.51. The summed E-state index contributed by atoms with van der Waals surface area (Å²) < 4.78 is 13.9. The summed E-state index contributed by atoms with van der Waals surface area (Å²) in [6.45, 7) is 1.92. The number of carboxylic acids is 1. The first kappa shape index (κ1) is 15.4. The lowest BCUT2D eigenvalue weighted by atomic mass is 10.1. The van der Waals surface area contributed by atoms with Gasteiger partial charge in [-0.05, 0) is 36.8 Å². The van der Waals surface area contributed by atoms with Gasteiger partial charge < -0.3 is 5.11 Å². The third-order valence-corrected chi connectivity index (χ3v) is 4.35. The number of hydrogen-bond acceptors (Lipinski definition) is 3. The van der Waals surface area contributed by atoms with Crippen molar-refractivity contribution < 1.29 is 14.3 Å². The number of aryl methyl sites for hydroxylation is 1. The summed E-state index contributed by atoms with van der Waals surface area (Å²) in [7, 11) is 0. The molecule has 3 aromatic rings. The first-order valence-corrected chi connectivity index (χ1v) is 7.94. The van der Waals surface area contributed by atoms with Gasteiger partial charge in [-0.25, -0.2) is 14.2 Å². The quantitative estimate of drug-likeness (QED) is 0.765. The van der Waals surface area contributed by atoms with Gasteiger partial charge in [0.2, 0.25) is 0 Å². The van der Waals surface area contributed by atoms with Crippen LogP contribution in [0, 0.1) is 12.7 Å². The molecule has 1 N–H and O–H groups in total. The van der Waals surface area contributed by atoms with E-state index in [0.29, 0.717) is 17.7 Å². The van der Waals surface area contributed by atoms with Crippen LogP contribution in [0.15, 0.2) is 47.8 Å². The largest absolute Gasteiger partial charge is 0.478 e. The maximum Gasteiger partial charge on any atom is 0.335 e. The van der Waals surface area contributed by atoms with E-state index in [1.807, 2.05) is 12.3 Å². The lowest BCUT2D eigenvalue weighted by Gasteiger charge is -2.01. The molecule has 0 unspecified atom stereocenters. The number of carboxylic acid groups (broad SMARTS) is 1. The van der Waals surface area contributed by atoms with E-state index in [-0.39, 0.29) is 11.4 Å². The monoisotopic (exact) mass is 327 g/mol. The summed E-state index contributed by atoms with van der Waals surface area (Å²) in [6.07, 6.45) is 0.595. The highest BCUT2D eigenvalue weighted by atomic mass is 32.1. The van der Waals surface area contributed by atoms with E-state index >= 15 is 0 Å². The lowest BCUT2D eigenvalue weighted by Crippen LogP contribution is -1.96. The van der Waals surface area contributed by atoms with E-state index in [4.69, 9.17) is 5.11 Å². The van der Waals surface area contributed by atoms with Gasteiger partial charge in [-0.15, -0.1) is 11.3 Å². The molecule has 0 bridgehead atoms. The fourth-order valence-corrected chi connectivity index (χ4v) is 3.12. The number of rotatable bonds is 4. The van der Waals surface area contributed by atoms with Gasteiger partial charge in [0.1, 0.15) is 5.82 Å². The topological polar surface area (TPSA) is 50.2 Å². The van der Waals surface area contributed by atoms with Crippen LogP contribution in [0.25, 0.3) is 11.3 Å². The van der Waals surface area contributed by atoms with Crippen molar-refractivity contribution in [1.82, 2.24) is 4.98 Å². The maximum absolute atomic E-state index is 13.9. The minimum Gasteiger partial charge on any atom is -0.478 e. The molecule has 23 heavy (non-hydrogen) atoms. The normalized spacial score (nSPS) is 10.7. The van der Waals surface area contributed by atoms with Gasteiger partial charge in [0.15, 0.2) is 0 Å². The van der Waals surface area contributed by atoms with Crippen molar-refractivity contribution in [3.05, 3.63) is 75.4 Å². The van der Waals surface area contributed by atoms with Crippen molar-refractivity contribution in [2.75, 3.05) is 0 Å². The van der Waals surface area contributed by atoms with Gasteiger partial charge in [0.25, 0.3) is 0 Å². The number of thiazole rings is 1. The van der Waals surface area contributed by atoms with Crippen molar-refractivity contribution in [2.24, 2.45) is 0 Å². The number of aromatic carboxylic acids is 1. The Morgan fingerprint density at radius 2 is 1.96 bits per heavy atom. The van der Waals surface area contributed by atoms with E-state index in [2.05, 4.69) is 4.98 Å². The van der Waals surface area contributed by atoms with E-state index < -0.39 is 5.97 Å². The Morgan fingerprint density at radius 1 is 1.22 bits per heavy atom. The molecule has 1 aromatic heterocycles. The molecule has 0 saturated heterocycles. The van der Waals surface area contributed by atoms with Gasteiger partial charge >= 0.3 is 5.97 Å². The Kier molecular flexibility index (Phi) is 4.21. The van der Waals surface area contributed by atoms with Crippen molar-refractivity contribution >= 4 is 17.3 Å². The standard InChI is InChI=1S/C18H14FNO2S/c1-11-2-7-15(19)14(8-11)16-10-23-17(20-16)9-12-3-5-13(6-4-12)18(21)22/h2-8,10H,9H2,1H3,(H,21,22). The van der Waals surface area contributed by atoms with E-state index in [1.54, 1.807) is 36.4 Å². The molecule has 2 aromatic carbocycles. The van der Waals surface area contributed by atoms with Crippen molar-refractivity contribution in [1.29, 1.82) is 0 Å². The maximum atomic E-state index is 13.9. The zero-order valence-electron chi connectivity index (χ0n) is 12.4. The second-order valence-corrected chi connectivity index (χ2v) is 6.23. The second-order valence-electron chi connectivity index (χ2n) is 5.29.